The van der Waals surface area contributed by atoms with Crippen LogP contribution in [0.5, 0.6) is 0 Å². The van der Waals surface area contributed by atoms with Crippen LogP contribution in [0.2, 0.25) is 0 Å². The van der Waals surface area contributed by atoms with E-state index in [0.29, 0.717) is 17.2 Å². The number of carbonyl (C=O) groups excluding carboxylic acids is 1. The van der Waals surface area contributed by atoms with Gasteiger partial charge < -0.3 is 0 Å². The fraction of sp³-hybridized carbons (Fsp3) is 0.208. The number of benzene rings is 2. The minimum absolute atomic E-state index is 0.0491. The number of amides is 1. The third-order valence-corrected chi connectivity index (χ3v) is 6.79. The zero-order chi connectivity index (χ0) is 20.9. The maximum absolute atomic E-state index is 13.7. The van der Waals surface area contributed by atoms with E-state index in [2.05, 4.69) is 31.0 Å². The molecule has 1 amide bonds. The predicted molar refractivity (Wildman–Crippen MR) is 127 cm³/mol. The second-order valence-corrected chi connectivity index (χ2v) is 9.11. The number of rotatable bonds is 7. The molecule has 0 saturated carbocycles. The van der Waals surface area contributed by atoms with Crippen molar-refractivity contribution in [1.29, 1.82) is 0 Å². The van der Waals surface area contributed by atoms with Crippen LogP contribution in [0.25, 0.3) is 10.2 Å². The molecule has 4 rings (SSSR count). The second kappa shape index (κ2) is 9.41. The minimum atomic E-state index is -0.0491. The molecule has 0 spiro atoms. The van der Waals surface area contributed by atoms with Gasteiger partial charge >= 0.3 is 0 Å². The highest BCUT2D eigenvalue weighted by Gasteiger charge is 2.24. The summed E-state index contributed by atoms with van der Waals surface area (Å²) >= 11 is 3.23. The number of aryl methyl sites for hydroxylation is 1. The van der Waals surface area contributed by atoms with E-state index < -0.39 is 0 Å². The quantitative estimate of drug-likeness (QED) is 0.325. The Kier molecular flexibility index (Phi) is 6.45. The number of thioether (sulfide) groups is 1. The van der Waals surface area contributed by atoms with Gasteiger partial charge in [0.15, 0.2) is 5.13 Å². The summed E-state index contributed by atoms with van der Waals surface area (Å²) in [6.07, 6.45) is 2.73. The molecule has 0 saturated heterocycles. The third-order valence-electron chi connectivity index (χ3n) is 4.79. The minimum Gasteiger partial charge on any atom is -0.278 e. The average Bonchev–Trinajstić information content (AvgIpc) is 3.21. The molecule has 2 aromatic carbocycles. The number of fused-ring (bicyclic) bond motifs is 1. The van der Waals surface area contributed by atoms with Crippen LogP contribution in [0.4, 0.5) is 5.13 Å². The van der Waals surface area contributed by atoms with Gasteiger partial charge in [0.05, 0.1) is 28.0 Å². The standard InChI is InChI=1S/C24H23N3OS2/c1-3-17-12-13-20-22(15-17)30-24(26-20)27(16-18-9-7-8-14-25-18)23(28)19-10-5-6-11-21(19)29-4-2/h5-15H,3-4,16H2,1-2H3. The molecule has 0 fully saturated rings. The Bertz CT molecular complexity index is 1160. The highest BCUT2D eigenvalue weighted by molar-refractivity contribution is 7.99. The number of pyridine rings is 1. The molecule has 0 bridgehead atoms. The molecule has 0 aliphatic heterocycles. The summed E-state index contributed by atoms with van der Waals surface area (Å²) < 4.78 is 1.10. The lowest BCUT2D eigenvalue weighted by Crippen LogP contribution is -2.31. The van der Waals surface area contributed by atoms with Crippen molar-refractivity contribution < 1.29 is 4.79 Å². The summed E-state index contributed by atoms with van der Waals surface area (Å²) in [5, 5.41) is 0.699. The molecule has 2 heterocycles. The molecular weight excluding hydrogens is 410 g/mol. The zero-order valence-electron chi connectivity index (χ0n) is 17.0. The van der Waals surface area contributed by atoms with Crippen LogP contribution in [-0.2, 0) is 13.0 Å². The van der Waals surface area contributed by atoms with Crippen LogP contribution in [0.3, 0.4) is 0 Å². The van der Waals surface area contributed by atoms with Crippen LogP contribution < -0.4 is 4.90 Å². The molecule has 152 valence electrons. The lowest BCUT2D eigenvalue weighted by atomic mass is 10.2. The number of carbonyl (C=O) groups is 1. The van der Waals surface area contributed by atoms with Gasteiger partial charge in [0, 0.05) is 11.1 Å². The first kappa shape index (κ1) is 20.6. The van der Waals surface area contributed by atoms with Crippen LogP contribution in [0.1, 0.15) is 35.5 Å². The van der Waals surface area contributed by atoms with Gasteiger partial charge in [-0.15, -0.1) is 11.8 Å². The largest absolute Gasteiger partial charge is 0.278 e. The highest BCUT2D eigenvalue weighted by atomic mass is 32.2. The van der Waals surface area contributed by atoms with Gasteiger partial charge in [0.25, 0.3) is 5.91 Å². The first-order valence-corrected chi connectivity index (χ1v) is 11.8. The molecule has 4 aromatic rings. The molecule has 0 N–H and O–H groups in total. The molecule has 4 nitrogen and oxygen atoms in total. The normalized spacial score (nSPS) is 11.0. The molecule has 2 aromatic heterocycles. The van der Waals surface area contributed by atoms with E-state index in [1.54, 1.807) is 34.2 Å². The molecule has 0 aliphatic rings. The zero-order valence-corrected chi connectivity index (χ0v) is 18.7. The first-order chi connectivity index (χ1) is 14.7. The number of hydrogen-bond donors (Lipinski definition) is 0. The number of aromatic nitrogens is 2. The van der Waals surface area contributed by atoms with Crippen LogP contribution in [0.15, 0.2) is 71.8 Å². The summed E-state index contributed by atoms with van der Waals surface area (Å²) in [6.45, 7) is 4.62. The van der Waals surface area contributed by atoms with E-state index in [4.69, 9.17) is 4.98 Å². The van der Waals surface area contributed by atoms with Crippen molar-refractivity contribution in [3.05, 3.63) is 83.7 Å². The van der Waals surface area contributed by atoms with Gasteiger partial charge in [-0.3, -0.25) is 14.7 Å². The van der Waals surface area contributed by atoms with Gasteiger partial charge in [-0.25, -0.2) is 4.98 Å². The van der Waals surface area contributed by atoms with Crippen LogP contribution in [0, 0.1) is 0 Å². The maximum atomic E-state index is 13.7. The highest BCUT2D eigenvalue weighted by Crippen LogP contribution is 2.33. The predicted octanol–water partition coefficient (Wildman–Crippen LogP) is 6.21. The number of hydrogen-bond acceptors (Lipinski definition) is 5. The Morgan fingerprint density at radius 2 is 1.90 bits per heavy atom. The Balaban J connectivity index is 1.78. The van der Waals surface area contributed by atoms with Crippen LogP contribution in [-0.4, -0.2) is 21.6 Å². The molecule has 0 aliphatic carbocycles. The van der Waals surface area contributed by atoms with Gasteiger partial charge in [-0.2, -0.15) is 0 Å². The first-order valence-electron chi connectivity index (χ1n) is 10.0. The SMILES string of the molecule is CCSc1ccccc1C(=O)N(Cc1ccccn1)c1nc2ccc(CC)cc2s1. The monoisotopic (exact) mass is 433 g/mol. The molecule has 6 heteroatoms. The van der Waals surface area contributed by atoms with Gasteiger partial charge in [-0.1, -0.05) is 49.4 Å². The third kappa shape index (κ3) is 4.40. The van der Waals surface area contributed by atoms with Crippen molar-refractivity contribution in [1.82, 2.24) is 9.97 Å². The van der Waals surface area contributed by atoms with E-state index >= 15 is 0 Å². The number of anilines is 1. The summed E-state index contributed by atoms with van der Waals surface area (Å²) in [7, 11) is 0. The topological polar surface area (TPSA) is 46.1 Å². The smallest absolute Gasteiger partial charge is 0.261 e. The van der Waals surface area contributed by atoms with E-state index in [0.717, 1.165) is 33.0 Å². The average molecular weight is 434 g/mol. The Hall–Kier alpha value is -2.70. The van der Waals surface area contributed by atoms with E-state index in [1.165, 1.54) is 5.56 Å². The maximum Gasteiger partial charge on any atom is 0.261 e. The van der Waals surface area contributed by atoms with Gasteiger partial charge in [0.1, 0.15) is 0 Å². The number of thiazole rings is 1. The van der Waals surface area contributed by atoms with Crippen molar-refractivity contribution >= 4 is 44.4 Å². The van der Waals surface area contributed by atoms with Crippen molar-refractivity contribution in [3.63, 3.8) is 0 Å². The summed E-state index contributed by atoms with van der Waals surface area (Å²) in [5.74, 6) is 0.859. The molecule has 0 atom stereocenters. The Labute approximate surface area is 185 Å². The number of nitrogens with zero attached hydrogens (tertiary/aromatic N) is 3. The molecule has 30 heavy (non-hydrogen) atoms. The molecule has 0 unspecified atom stereocenters. The van der Waals surface area contributed by atoms with E-state index in [-0.39, 0.29) is 5.91 Å². The Morgan fingerprint density at radius 3 is 2.67 bits per heavy atom. The van der Waals surface area contributed by atoms with Gasteiger partial charge in [0.2, 0.25) is 0 Å². The molecular formula is C24H23N3OS2. The molecule has 0 radical (unpaired) electrons. The fourth-order valence-electron chi connectivity index (χ4n) is 3.24. The van der Waals surface area contributed by atoms with Crippen molar-refractivity contribution in [2.75, 3.05) is 10.7 Å². The fourth-order valence-corrected chi connectivity index (χ4v) is 5.07. The summed E-state index contributed by atoms with van der Waals surface area (Å²) in [5.41, 5.74) is 3.72. The van der Waals surface area contributed by atoms with Gasteiger partial charge in [-0.05, 0) is 54.1 Å². The van der Waals surface area contributed by atoms with Crippen molar-refractivity contribution in [2.24, 2.45) is 0 Å². The summed E-state index contributed by atoms with van der Waals surface area (Å²) in [4.78, 5) is 25.7. The van der Waals surface area contributed by atoms with Crippen molar-refractivity contribution in [3.8, 4) is 0 Å². The van der Waals surface area contributed by atoms with Crippen LogP contribution >= 0.6 is 23.1 Å². The lowest BCUT2D eigenvalue weighted by Gasteiger charge is -2.21. The second-order valence-electron chi connectivity index (χ2n) is 6.79. The van der Waals surface area contributed by atoms with Crippen molar-refractivity contribution in [2.45, 2.75) is 31.7 Å². The van der Waals surface area contributed by atoms with E-state index in [9.17, 15) is 4.79 Å². The Morgan fingerprint density at radius 1 is 1.07 bits per heavy atom. The van der Waals surface area contributed by atoms with E-state index in [1.807, 2.05) is 48.5 Å². The lowest BCUT2D eigenvalue weighted by molar-refractivity contribution is 0.0982. The summed E-state index contributed by atoms with van der Waals surface area (Å²) in [6, 6.07) is 19.9.